The Morgan fingerprint density at radius 3 is 2.50 bits per heavy atom. The van der Waals surface area contributed by atoms with Gasteiger partial charge in [0.15, 0.2) is 0 Å². The van der Waals surface area contributed by atoms with Gasteiger partial charge in [-0.1, -0.05) is 12.1 Å². The van der Waals surface area contributed by atoms with Crippen LogP contribution in [0.2, 0.25) is 0 Å². The van der Waals surface area contributed by atoms with Gasteiger partial charge < -0.3 is 10.1 Å². The molecule has 0 amide bonds. The van der Waals surface area contributed by atoms with E-state index in [0.717, 1.165) is 23.4 Å². The lowest BCUT2D eigenvalue weighted by atomic mass is 10.2. The molecule has 0 fully saturated rings. The highest BCUT2D eigenvalue weighted by Gasteiger charge is 1.97. The first-order valence-corrected chi connectivity index (χ1v) is 5.71. The minimum Gasteiger partial charge on any atom is -0.497 e. The Hall–Kier alpha value is -1.94. The molecule has 1 aromatic heterocycles. The normalized spacial score (nSPS) is 10.3. The fourth-order valence-corrected chi connectivity index (χ4v) is 1.65. The Kier molecular flexibility index (Phi) is 4.25. The smallest absolute Gasteiger partial charge is 0.141 e. The van der Waals surface area contributed by atoms with E-state index >= 15 is 0 Å². The molecule has 0 aliphatic heterocycles. The van der Waals surface area contributed by atoms with Crippen LogP contribution in [0.5, 0.6) is 5.75 Å². The van der Waals surface area contributed by atoms with E-state index in [-0.39, 0.29) is 5.82 Å². The van der Waals surface area contributed by atoms with E-state index in [1.807, 2.05) is 24.3 Å². The molecule has 94 valence electrons. The Balaban J connectivity index is 1.84. The number of nitrogens with one attached hydrogen (secondary N) is 1. The third-order valence-electron chi connectivity index (χ3n) is 2.58. The van der Waals surface area contributed by atoms with Crippen LogP contribution in [0.4, 0.5) is 4.39 Å². The van der Waals surface area contributed by atoms with Crippen molar-refractivity contribution in [1.29, 1.82) is 0 Å². The highest BCUT2D eigenvalue weighted by atomic mass is 19.1. The summed E-state index contributed by atoms with van der Waals surface area (Å²) in [6, 6.07) is 9.31. The van der Waals surface area contributed by atoms with Crippen LogP contribution in [-0.2, 0) is 13.1 Å². The minimum atomic E-state index is -0.307. The van der Waals surface area contributed by atoms with E-state index in [4.69, 9.17) is 4.74 Å². The van der Waals surface area contributed by atoms with Crippen molar-refractivity contribution in [1.82, 2.24) is 10.3 Å². The van der Waals surface area contributed by atoms with Crippen LogP contribution in [0, 0.1) is 5.82 Å². The Labute approximate surface area is 106 Å². The first-order valence-electron chi connectivity index (χ1n) is 5.71. The predicted molar refractivity (Wildman–Crippen MR) is 67.7 cm³/mol. The summed E-state index contributed by atoms with van der Waals surface area (Å²) in [6.45, 7) is 1.32. The number of aromatic nitrogens is 1. The molecule has 1 heterocycles. The maximum absolute atomic E-state index is 12.9. The van der Waals surface area contributed by atoms with Crippen LogP contribution in [0.25, 0.3) is 0 Å². The summed E-state index contributed by atoms with van der Waals surface area (Å²) in [6.07, 6.45) is 2.86. The van der Waals surface area contributed by atoms with Gasteiger partial charge in [-0.05, 0) is 29.3 Å². The molecule has 4 heteroatoms. The molecular formula is C14H15FN2O. The topological polar surface area (TPSA) is 34.1 Å². The fraction of sp³-hybridized carbons (Fsp3) is 0.214. The molecule has 0 saturated carbocycles. The lowest BCUT2D eigenvalue weighted by Crippen LogP contribution is -2.12. The number of hydrogen-bond donors (Lipinski definition) is 1. The van der Waals surface area contributed by atoms with Gasteiger partial charge >= 0.3 is 0 Å². The molecule has 18 heavy (non-hydrogen) atoms. The molecule has 0 atom stereocenters. The summed E-state index contributed by atoms with van der Waals surface area (Å²) in [7, 11) is 1.64. The van der Waals surface area contributed by atoms with Gasteiger partial charge in [-0.2, -0.15) is 0 Å². The summed E-state index contributed by atoms with van der Waals surface area (Å²) in [4.78, 5) is 3.80. The molecule has 0 saturated heterocycles. The van der Waals surface area contributed by atoms with E-state index < -0.39 is 0 Å². The zero-order valence-corrected chi connectivity index (χ0v) is 10.2. The molecule has 2 rings (SSSR count). The number of ether oxygens (including phenoxy) is 1. The van der Waals surface area contributed by atoms with E-state index in [0.29, 0.717) is 6.54 Å². The van der Waals surface area contributed by atoms with E-state index in [1.165, 1.54) is 12.3 Å². The van der Waals surface area contributed by atoms with Crippen molar-refractivity contribution in [2.75, 3.05) is 7.11 Å². The van der Waals surface area contributed by atoms with Crippen LogP contribution in [0.3, 0.4) is 0 Å². The molecule has 1 N–H and O–H groups in total. The van der Waals surface area contributed by atoms with E-state index in [1.54, 1.807) is 13.3 Å². The van der Waals surface area contributed by atoms with Crippen LogP contribution in [0.1, 0.15) is 11.1 Å². The third kappa shape index (κ3) is 3.53. The van der Waals surface area contributed by atoms with Crippen molar-refractivity contribution in [3.63, 3.8) is 0 Å². The molecule has 0 radical (unpaired) electrons. The number of halogens is 1. The van der Waals surface area contributed by atoms with Crippen molar-refractivity contribution < 1.29 is 9.13 Å². The first-order chi connectivity index (χ1) is 8.78. The van der Waals surface area contributed by atoms with Crippen LogP contribution in [0.15, 0.2) is 42.7 Å². The minimum absolute atomic E-state index is 0.307. The first kappa shape index (κ1) is 12.5. The molecule has 0 unspecified atom stereocenters. The fourth-order valence-electron chi connectivity index (χ4n) is 1.65. The van der Waals surface area contributed by atoms with Crippen LogP contribution < -0.4 is 10.1 Å². The average molecular weight is 246 g/mol. The molecule has 0 spiro atoms. The average Bonchev–Trinajstić information content (AvgIpc) is 2.40. The Morgan fingerprint density at radius 1 is 1.11 bits per heavy atom. The molecule has 1 aromatic carbocycles. The highest BCUT2D eigenvalue weighted by molar-refractivity contribution is 5.27. The standard InChI is InChI=1S/C14H15FN2O/c1-18-14-4-2-11(3-5-14)7-16-8-12-6-13(15)10-17-9-12/h2-6,9-10,16H,7-8H2,1H3. The monoisotopic (exact) mass is 246 g/mol. The van der Waals surface area contributed by atoms with Crippen molar-refractivity contribution >= 4 is 0 Å². The Morgan fingerprint density at radius 2 is 1.83 bits per heavy atom. The molecular weight excluding hydrogens is 231 g/mol. The van der Waals surface area contributed by atoms with Crippen molar-refractivity contribution in [3.05, 3.63) is 59.7 Å². The van der Waals surface area contributed by atoms with Gasteiger partial charge in [0.25, 0.3) is 0 Å². The SMILES string of the molecule is COc1ccc(CNCc2cncc(F)c2)cc1. The predicted octanol–water partition coefficient (Wildman–Crippen LogP) is 2.52. The maximum Gasteiger partial charge on any atom is 0.141 e. The summed E-state index contributed by atoms with van der Waals surface area (Å²) >= 11 is 0. The van der Waals surface area contributed by atoms with Crippen molar-refractivity contribution in [3.8, 4) is 5.75 Å². The van der Waals surface area contributed by atoms with Crippen LogP contribution >= 0.6 is 0 Å². The van der Waals surface area contributed by atoms with E-state index in [9.17, 15) is 4.39 Å². The van der Waals surface area contributed by atoms with Crippen molar-refractivity contribution in [2.24, 2.45) is 0 Å². The quantitative estimate of drug-likeness (QED) is 0.880. The second-order valence-corrected chi connectivity index (χ2v) is 3.96. The number of hydrogen-bond acceptors (Lipinski definition) is 3. The number of benzene rings is 1. The third-order valence-corrected chi connectivity index (χ3v) is 2.58. The summed E-state index contributed by atoms with van der Waals surface area (Å²) in [5.41, 5.74) is 1.99. The summed E-state index contributed by atoms with van der Waals surface area (Å²) in [5, 5.41) is 3.24. The highest BCUT2D eigenvalue weighted by Crippen LogP contribution is 2.11. The summed E-state index contributed by atoms with van der Waals surface area (Å²) in [5.74, 6) is 0.534. The van der Waals surface area contributed by atoms with Gasteiger partial charge in [-0.3, -0.25) is 4.98 Å². The van der Waals surface area contributed by atoms with Crippen molar-refractivity contribution in [2.45, 2.75) is 13.1 Å². The number of methoxy groups -OCH3 is 1. The Bertz CT molecular complexity index is 499. The summed E-state index contributed by atoms with van der Waals surface area (Å²) < 4.78 is 18.0. The molecule has 0 aliphatic carbocycles. The second-order valence-electron chi connectivity index (χ2n) is 3.96. The zero-order valence-electron chi connectivity index (χ0n) is 10.2. The van der Waals surface area contributed by atoms with Crippen LogP contribution in [-0.4, -0.2) is 12.1 Å². The van der Waals surface area contributed by atoms with Gasteiger partial charge in [0.2, 0.25) is 0 Å². The number of rotatable bonds is 5. The van der Waals surface area contributed by atoms with Gasteiger partial charge in [-0.25, -0.2) is 4.39 Å². The number of pyridine rings is 1. The number of nitrogens with zero attached hydrogens (tertiary/aromatic N) is 1. The lowest BCUT2D eigenvalue weighted by Gasteiger charge is -2.06. The molecule has 2 aromatic rings. The maximum atomic E-state index is 12.9. The largest absolute Gasteiger partial charge is 0.497 e. The molecule has 0 aliphatic rings. The molecule has 3 nitrogen and oxygen atoms in total. The zero-order chi connectivity index (χ0) is 12.8. The van der Waals surface area contributed by atoms with E-state index in [2.05, 4.69) is 10.3 Å². The van der Waals surface area contributed by atoms with Gasteiger partial charge in [0.05, 0.1) is 13.3 Å². The van der Waals surface area contributed by atoms with Gasteiger partial charge in [-0.15, -0.1) is 0 Å². The second kappa shape index (κ2) is 6.12. The molecule has 0 bridgehead atoms. The van der Waals surface area contributed by atoms with Gasteiger partial charge in [0.1, 0.15) is 11.6 Å². The van der Waals surface area contributed by atoms with Gasteiger partial charge in [0, 0.05) is 19.3 Å². The lowest BCUT2D eigenvalue weighted by molar-refractivity contribution is 0.414.